The Morgan fingerprint density at radius 3 is 2.43 bits per heavy atom. The van der Waals surface area contributed by atoms with Crippen LogP contribution in [0.3, 0.4) is 0 Å². The van der Waals surface area contributed by atoms with Gasteiger partial charge in [-0.25, -0.2) is 0 Å². The normalized spacial score (nSPS) is 13.7. The van der Waals surface area contributed by atoms with Crippen LogP contribution in [0, 0.1) is 5.92 Å². The van der Waals surface area contributed by atoms with Gasteiger partial charge < -0.3 is 25.3 Å². The summed E-state index contributed by atoms with van der Waals surface area (Å²) in [5.41, 5.74) is 5.83. The fourth-order valence-electron chi connectivity index (χ4n) is 1.87. The van der Waals surface area contributed by atoms with Crippen molar-refractivity contribution < 1.29 is 14.2 Å². The van der Waals surface area contributed by atoms with Crippen LogP contribution in [0.4, 0.5) is 0 Å². The standard InChI is InChI=1S/C16H27N3O3.HI/c1-12(9-18-16(17)19-13(2)11-20-3)10-22-15-8-6-5-7-14(15)21-4;/h5-8,12-13H,9-11H2,1-4H3,(H3,17,18,19);1H. The van der Waals surface area contributed by atoms with Gasteiger partial charge in [-0.05, 0) is 19.1 Å². The van der Waals surface area contributed by atoms with Crippen LogP contribution < -0.4 is 20.5 Å². The second-order valence-electron chi connectivity index (χ2n) is 5.29. The zero-order valence-corrected chi connectivity index (χ0v) is 16.6. The van der Waals surface area contributed by atoms with E-state index >= 15 is 0 Å². The van der Waals surface area contributed by atoms with Crippen molar-refractivity contribution in [3.05, 3.63) is 24.3 Å². The SMILES string of the molecule is COCC(C)NC(N)=NCC(C)COc1ccccc1OC.I. The van der Waals surface area contributed by atoms with Crippen LogP contribution in [-0.2, 0) is 4.74 Å². The second-order valence-corrected chi connectivity index (χ2v) is 5.29. The first-order chi connectivity index (χ1) is 10.6. The number of nitrogens with zero attached hydrogens (tertiary/aromatic N) is 1. The van der Waals surface area contributed by atoms with E-state index < -0.39 is 0 Å². The third kappa shape index (κ3) is 8.85. The van der Waals surface area contributed by atoms with Gasteiger partial charge in [0.25, 0.3) is 0 Å². The molecule has 0 heterocycles. The van der Waals surface area contributed by atoms with E-state index in [4.69, 9.17) is 19.9 Å². The first-order valence-corrected chi connectivity index (χ1v) is 7.38. The zero-order chi connectivity index (χ0) is 16.4. The van der Waals surface area contributed by atoms with Crippen molar-refractivity contribution in [2.24, 2.45) is 16.6 Å². The number of rotatable bonds is 9. The lowest BCUT2D eigenvalue weighted by atomic mass is 10.2. The van der Waals surface area contributed by atoms with Gasteiger partial charge in [0.2, 0.25) is 0 Å². The molecule has 0 aliphatic carbocycles. The summed E-state index contributed by atoms with van der Waals surface area (Å²) in [6.45, 7) is 5.77. The molecule has 0 radical (unpaired) electrons. The van der Waals surface area contributed by atoms with Gasteiger partial charge in [0.1, 0.15) is 0 Å². The van der Waals surface area contributed by atoms with E-state index in [1.165, 1.54) is 0 Å². The minimum atomic E-state index is 0. The molecule has 7 heteroatoms. The number of hydrogen-bond donors (Lipinski definition) is 2. The molecule has 3 N–H and O–H groups in total. The van der Waals surface area contributed by atoms with Gasteiger partial charge in [0.05, 0.1) is 20.3 Å². The third-order valence-corrected chi connectivity index (χ3v) is 2.98. The van der Waals surface area contributed by atoms with Gasteiger partial charge in [-0.2, -0.15) is 0 Å². The largest absolute Gasteiger partial charge is 0.493 e. The van der Waals surface area contributed by atoms with Crippen LogP contribution in [0.15, 0.2) is 29.3 Å². The van der Waals surface area contributed by atoms with Crippen molar-refractivity contribution in [1.82, 2.24) is 5.32 Å². The summed E-state index contributed by atoms with van der Waals surface area (Å²) in [6, 6.07) is 7.72. The highest BCUT2D eigenvalue weighted by atomic mass is 127. The molecule has 1 rings (SSSR count). The molecule has 0 aromatic heterocycles. The molecule has 1 aromatic carbocycles. The van der Waals surface area contributed by atoms with Crippen LogP contribution in [-0.4, -0.2) is 46.0 Å². The minimum Gasteiger partial charge on any atom is -0.493 e. The summed E-state index contributed by atoms with van der Waals surface area (Å²) >= 11 is 0. The number of para-hydroxylation sites is 2. The van der Waals surface area contributed by atoms with Gasteiger partial charge in [0, 0.05) is 25.6 Å². The molecule has 0 amide bonds. The number of halogens is 1. The van der Waals surface area contributed by atoms with Crippen LogP contribution in [0.5, 0.6) is 11.5 Å². The number of hydrogen-bond acceptors (Lipinski definition) is 4. The molecule has 0 aliphatic rings. The lowest BCUT2D eigenvalue weighted by Crippen LogP contribution is -2.41. The number of guanidine groups is 1. The lowest BCUT2D eigenvalue weighted by molar-refractivity contribution is 0.179. The highest BCUT2D eigenvalue weighted by Crippen LogP contribution is 2.26. The van der Waals surface area contributed by atoms with Gasteiger partial charge >= 0.3 is 0 Å². The number of aliphatic imine (C=N–C) groups is 1. The number of methoxy groups -OCH3 is 2. The fraction of sp³-hybridized carbons (Fsp3) is 0.562. The molecule has 0 fully saturated rings. The molecule has 1 aromatic rings. The first-order valence-electron chi connectivity index (χ1n) is 7.38. The number of nitrogens with two attached hydrogens (primary N) is 1. The Bertz CT molecular complexity index is 472. The lowest BCUT2D eigenvalue weighted by Gasteiger charge is -2.15. The Morgan fingerprint density at radius 1 is 1.17 bits per heavy atom. The van der Waals surface area contributed by atoms with Crippen molar-refractivity contribution in [2.45, 2.75) is 19.9 Å². The maximum atomic E-state index is 5.83. The second kappa shape index (κ2) is 12.2. The highest BCUT2D eigenvalue weighted by Gasteiger charge is 2.07. The Morgan fingerprint density at radius 2 is 1.83 bits per heavy atom. The zero-order valence-electron chi connectivity index (χ0n) is 14.2. The molecule has 0 aliphatic heterocycles. The fourth-order valence-corrected chi connectivity index (χ4v) is 1.87. The summed E-state index contributed by atoms with van der Waals surface area (Å²) in [7, 11) is 3.28. The predicted octanol–water partition coefficient (Wildman–Crippen LogP) is 2.27. The maximum Gasteiger partial charge on any atom is 0.188 e. The summed E-state index contributed by atoms with van der Waals surface area (Å²) in [5, 5.41) is 3.07. The number of ether oxygens (including phenoxy) is 3. The van der Waals surface area contributed by atoms with Crippen LogP contribution in [0.1, 0.15) is 13.8 Å². The highest BCUT2D eigenvalue weighted by molar-refractivity contribution is 14.0. The van der Waals surface area contributed by atoms with Crippen LogP contribution in [0.2, 0.25) is 0 Å². The number of benzene rings is 1. The van der Waals surface area contributed by atoms with Crippen molar-refractivity contribution in [3.8, 4) is 11.5 Å². The Kier molecular flexibility index (Phi) is 11.6. The van der Waals surface area contributed by atoms with Crippen molar-refractivity contribution in [1.29, 1.82) is 0 Å². The molecule has 2 unspecified atom stereocenters. The Labute approximate surface area is 155 Å². The van der Waals surface area contributed by atoms with Crippen molar-refractivity contribution in [3.63, 3.8) is 0 Å². The minimum absolute atomic E-state index is 0. The molecule has 6 nitrogen and oxygen atoms in total. The van der Waals surface area contributed by atoms with E-state index in [0.717, 1.165) is 11.5 Å². The third-order valence-electron chi connectivity index (χ3n) is 2.98. The summed E-state index contributed by atoms with van der Waals surface area (Å²) in [5.74, 6) is 2.13. The van der Waals surface area contributed by atoms with Gasteiger partial charge in [-0.3, -0.25) is 4.99 Å². The van der Waals surface area contributed by atoms with E-state index in [1.807, 2.05) is 31.2 Å². The topological polar surface area (TPSA) is 78.1 Å². The molecule has 0 saturated carbocycles. The maximum absolute atomic E-state index is 5.83. The average molecular weight is 437 g/mol. The van der Waals surface area contributed by atoms with Gasteiger partial charge in [-0.15, -0.1) is 24.0 Å². The molecular formula is C16H28IN3O3. The van der Waals surface area contributed by atoms with E-state index in [9.17, 15) is 0 Å². The Hall–Kier alpha value is -1.22. The molecular weight excluding hydrogens is 409 g/mol. The number of nitrogens with one attached hydrogen (secondary N) is 1. The quantitative estimate of drug-likeness (QED) is 0.352. The average Bonchev–Trinajstić information content (AvgIpc) is 2.51. The molecule has 23 heavy (non-hydrogen) atoms. The summed E-state index contributed by atoms with van der Waals surface area (Å²) in [6.07, 6.45) is 0. The summed E-state index contributed by atoms with van der Waals surface area (Å²) in [4.78, 5) is 4.32. The molecule has 0 spiro atoms. The summed E-state index contributed by atoms with van der Waals surface area (Å²) < 4.78 is 16.0. The van der Waals surface area contributed by atoms with E-state index in [-0.39, 0.29) is 35.9 Å². The van der Waals surface area contributed by atoms with Crippen molar-refractivity contribution in [2.75, 3.05) is 34.0 Å². The molecule has 0 saturated heterocycles. The monoisotopic (exact) mass is 437 g/mol. The van der Waals surface area contributed by atoms with Gasteiger partial charge in [-0.1, -0.05) is 19.1 Å². The molecule has 132 valence electrons. The van der Waals surface area contributed by atoms with Gasteiger partial charge in [0.15, 0.2) is 17.5 Å². The first kappa shape index (κ1) is 21.8. The van der Waals surface area contributed by atoms with E-state index in [2.05, 4.69) is 17.2 Å². The Balaban J connectivity index is 0.00000484. The van der Waals surface area contributed by atoms with E-state index in [1.54, 1.807) is 14.2 Å². The molecule has 0 bridgehead atoms. The molecule has 2 atom stereocenters. The van der Waals surface area contributed by atoms with Crippen LogP contribution in [0.25, 0.3) is 0 Å². The predicted molar refractivity (Wildman–Crippen MR) is 104 cm³/mol. The van der Waals surface area contributed by atoms with E-state index in [0.29, 0.717) is 25.7 Å². The van der Waals surface area contributed by atoms with Crippen molar-refractivity contribution >= 4 is 29.9 Å². The van der Waals surface area contributed by atoms with Crippen LogP contribution >= 0.6 is 24.0 Å². The smallest absolute Gasteiger partial charge is 0.188 e.